The number of thioether (sulfide) groups is 1. The number of hydrogen-bond donors (Lipinski definition) is 1. The second kappa shape index (κ2) is 13.7. The lowest BCUT2D eigenvalue weighted by atomic mass is 10.0. The maximum Gasteiger partial charge on any atom is 0.303 e. The van der Waals surface area contributed by atoms with Crippen LogP contribution in [0.3, 0.4) is 0 Å². The van der Waals surface area contributed by atoms with Gasteiger partial charge in [-0.05, 0) is 72.9 Å². The van der Waals surface area contributed by atoms with Crippen LogP contribution in [0.4, 0.5) is 5.69 Å². The van der Waals surface area contributed by atoms with Crippen molar-refractivity contribution in [1.82, 2.24) is 10.2 Å². The van der Waals surface area contributed by atoms with Crippen molar-refractivity contribution in [3.05, 3.63) is 76.8 Å². The van der Waals surface area contributed by atoms with E-state index >= 15 is 0 Å². The lowest BCUT2D eigenvalue weighted by Crippen LogP contribution is -2.58. The van der Waals surface area contributed by atoms with Crippen LogP contribution in [0.5, 0.6) is 17.2 Å². The lowest BCUT2D eigenvalue weighted by molar-refractivity contribution is -0.153. The van der Waals surface area contributed by atoms with Gasteiger partial charge in [0.15, 0.2) is 17.6 Å². The molecule has 0 saturated carbocycles. The molecule has 3 atom stereocenters. The van der Waals surface area contributed by atoms with Gasteiger partial charge in [0.25, 0.3) is 5.91 Å². The number of fused-ring (bicyclic) bond motifs is 2. The zero-order chi connectivity index (χ0) is 30.6. The van der Waals surface area contributed by atoms with E-state index in [0.29, 0.717) is 17.2 Å². The summed E-state index contributed by atoms with van der Waals surface area (Å²) in [5.41, 5.74) is 2.77. The highest BCUT2D eigenvalue weighted by Crippen LogP contribution is 2.49. The van der Waals surface area contributed by atoms with Gasteiger partial charge in [-0.25, -0.2) is 0 Å². The van der Waals surface area contributed by atoms with Gasteiger partial charge in [0.05, 0.1) is 24.2 Å². The van der Waals surface area contributed by atoms with Crippen LogP contribution in [0.2, 0.25) is 5.02 Å². The first-order valence-electron chi connectivity index (χ1n) is 14.8. The summed E-state index contributed by atoms with van der Waals surface area (Å²) in [6.07, 6.45) is 1.05. The standard InChI is InChI=1S/C33H36ClN3O6S/c1-21(38)43-31-32(23-7-10-25(40-2)11-8-23)44-29-19-24(34)9-12-26(29)37(33(31)39)30(36-16-14-35-15-17-36)5-3-4-22-6-13-27-28(18-22)42-20-41-27/h6-13,18-19,30-32,35H,3-5,14-17,20H2,1-2H3. The van der Waals surface area contributed by atoms with Gasteiger partial charge < -0.3 is 24.3 Å². The monoisotopic (exact) mass is 637 g/mol. The molecule has 3 unspecified atom stereocenters. The Morgan fingerprint density at radius 2 is 1.84 bits per heavy atom. The number of rotatable bonds is 9. The predicted octanol–water partition coefficient (Wildman–Crippen LogP) is 5.44. The molecule has 232 valence electrons. The number of amides is 1. The Balaban J connectivity index is 1.36. The van der Waals surface area contributed by atoms with Crippen molar-refractivity contribution in [1.29, 1.82) is 0 Å². The summed E-state index contributed by atoms with van der Waals surface area (Å²) in [4.78, 5) is 32.3. The molecule has 0 aliphatic carbocycles. The van der Waals surface area contributed by atoms with Gasteiger partial charge in [0, 0.05) is 43.0 Å². The third-order valence-electron chi connectivity index (χ3n) is 8.16. The fraction of sp³-hybridized carbons (Fsp3) is 0.394. The van der Waals surface area contributed by atoms with E-state index in [1.807, 2.05) is 59.5 Å². The molecular weight excluding hydrogens is 602 g/mol. The van der Waals surface area contributed by atoms with Crippen LogP contribution in [0.1, 0.15) is 36.1 Å². The molecule has 1 fully saturated rings. The second-order valence-corrected chi connectivity index (χ2v) is 12.6. The number of esters is 1. The average Bonchev–Trinajstić information content (AvgIpc) is 3.47. The average molecular weight is 638 g/mol. The number of anilines is 1. The number of carbonyl (C=O) groups is 2. The molecule has 1 saturated heterocycles. The molecule has 0 radical (unpaired) electrons. The number of nitrogens with zero attached hydrogens (tertiary/aromatic N) is 2. The Hall–Kier alpha value is -3.44. The molecule has 6 rings (SSSR count). The molecule has 9 nitrogen and oxygen atoms in total. The van der Waals surface area contributed by atoms with Crippen LogP contribution < -0.4 is 24.4 Å². The summed E-state index contributed by atoms with van der Waals surface area (Å²) in [5, 5.41) is 3.51. The van der Waals surface area contributed by atoms with E-state index in [2.05, 4.69) is 16.3 Å². The van der Waals surface area contributed by atoms with Crippen molar-refractivity contribution in [2.75, 3.05) is 45.0 Å². The topological polar surface area (TPSA) is 89.6 Å². The van der Waals surface area contributed by atoms with E-state index in [1.165, 1.54) is 18.7 Å². The zero-order valence-electron chi connectivity index (χ0n) is 24.8. The smallest absolute Gasteiger partial charge is 0.303 e. The van der Waals surface area contributed by atoms with Crippen LogP contribution in [0.15, 0.2) is 65.6 Å². The number of halogens is 1. The summed E-state index contributed by atoms with van der Waals surface area (Å²) < 4.78 is 22.3. The summed E-state index contributed by atoms with van der Waals surface area (Å²) in [6.45, 7) is 4.81. The van der Waals surface area contributed by atoms with E-state index in [0.717, 1.165) is 72.2 Å². The van der Waals surface area contributed by atoms with Crippen molar-refractivity contribution >= 4 is 40.9 Å². The minimum absolute atomic E-state index is 0.239. The van der Waals surface area contributed by atoms with Crippen LogP contribution >= 0.6 is 23.4 Å². The van der Waals surface area contributed by atoms with Crippen LogP contribution in [-0.2, 0) is 20.7 Å². The maximum absolute atomic E-state index is 14.8. The largest absolute Gasteiger partial charge is 0.497 e. The fourth-order valence-electron chi connectivity index (χ4n) is 6.04. The van der Waals surface area contributed by atoms with Gasteiger partial charge in [-0.2, -0.15) is 0 Å². The first-order chi connectivity index (χ1) is 21.4. The molecular formula is C33H36ClN3O6S. The molecule has 1 amide bonds. The number of hydrogen-bond acceptors (Lipinski definition) is 9. The number of aryl methyl sites for hydroxylation is 1. The first kappa shape index (κ1) is 30.6. The summed E-state index contributed by atoms with van der Waals surface area (Å²) in [7, 11) is 1.61. The molecule has 0 aromatic heterocycles. The van der Waals surface area contributed by atoms with Gasteiger partial charge in [0.1, 0.15) is 5.75 Å². The van der Waals surface area contributed by atoms with Gasteiger partial charge in [-0.3, -0.25) is 19.4 Å². The third kappa shape index (κ3) is 6.63. The van der Waals surface area contributed by atoms with Gasteiger partial charge in [-0.15, -0.1) is 11.8 Å². The van der Waals surface area contributed by atoms with Crippen molar-refractivity contribution in [2.45, 2.75) is 48.6 Å². The van der Waals surface area contributed by atoms with Crippen molar-refractivity contribution < 1.29 is 28.5 Å². The van der Waals surface area contributed by atoms with Crippen molar-refractivity contribution in [3.63, 3.8) is 0 Å². The molecule has 44 heavy (non-hydrogen) atoms. The van der Waals surface area contributed by atoms with Gasteiger partial charge >= 0.3 is 5.97 Å². The zero-order valence-corrected chi connectivity index (χ0v) is 26.4. The highest BCUT2D eigenvalue weighted by atomic mass is 35.5. The number of carbonyl (C=O) groups excluding carboxylic acids is 2. The molecule has 3 heterocycles. The summed E-state index contributed by atoms with van der Waals surface area (Å²) in [6, 6.07) is 19.2. The van der Waals surface area contributed by atoms with Gasteiger partial charge in [-0.1, -0.05) is 29.8 Å². The Kier molecular flexibility index (Phi) is 9.51. The third-order valence-corrected chi connectivity index (χ3v) is 9.75. The summed E-state index contributed by atoms with van der Waals surface area (Å²) in [5.74, 6) is 1.47. The second-order valence-electron chi connectivity index (χ2n) is 11.0. The Morgan fingerprint density at radius 3 is 2.59 bits per heavy atom. The van der Waals surface area contributed by atoms with Crippen LogP contribution in [0, 0.1) is 0 Å². The van der Waals surface area contributed by atoms with Crippen LogP contribution in [0.25, 0.3) is 0 Å². The quantitative estimate of drug-likeness (QED) is 0.308. The van der Waals surface area contributed by atoms with E-state index in [1.54, 1.807) is 7.11 Å². The Bertz CT molecular complexity index is 1500. The highest BCUT2D eigenvalue weighted by Gasteiger charge is 2.44. The van der Waals surface area contributed by atoms with E-state index in [9.17, 15) is 9.59 Å². The molecule has 3 aliphatic heterocycles. The highest BCUT2D eigenvalue weighted by molar-refractivity contribution is 7.99. The summed E-state index contributed by atoms with van der Waals surface area (Å²) >= 11 is 8.02. The fourth-order valence-corrected chi connectivity index (χ4v) is 7.62. The minimum atomic E-state index is -1.05. The molecule has 0 spiro atoms. The maximum atomic E-state index is 14.8. The molecule has 1 N–H and O–H groups in total. The van der Waals surface area contributed by atoms with Crippen molar-refractivity contribution in [3.8, 4) is 17.2 Å². The molecule has 3 aromatic rings. The molecule has 0 bridgehead atoms. The number of methoxy groups -OCH3 is 1. The van der Waals surface area contributed by atoms with Gasteiger partial charge in [0.2, 0.25) is 6.79 Å². The van der Waals surface area contributed by atoms with E-state index in [4.69, 9.17) is 30.5 Å². The Labute approximate surface area is 266 Å². The van der Waals surface area contributed by atoms with Crippen LogP contribution in [-0.4, -0.2) is 69.1 Å². The SMILES string of the molecule is COc1ccc(C2Sc3cc(Cl)ccc3N(C(CCCc3ccc4c(c3)OCO4)N3CCNCC3)C(=O)C2OC(C)=O)cc1. The number of nitrogens with one attached hydrogen (secondary N) is 1. The molecule has 11 heteroatoms. The first-order valence-corrected chi connectivity index (χ1v) is 16.1. The normalized spacial score (nSPS) is 20.5. The van der Waals surface area contributed by atoms with E-state index < -0.39 is 17.3 Å². The lowest BCUT2D eigenvalue weighted by Gasteiger charge is -2.42. The minimum Gasteiger partial charge on any atom is -0.497 e. The van der Waals surface area contributed by atoms with E-state index in [-0.39, 0.29) is 18.9 Å². The Morgan fingerprint density at radius 1 is 1.07 bits per heavy atom. The predicted molar refractivity (Wildman–Crippen MR) is 170 cm³/mol. The molecule has 3 aliphatic rings. The number of benzene rings is 3. The number of piperazine rings is 1. The number of ether oxygens (including phenoxy) is 4. The van der Waals surface area contributed by atoms with Crippen molar-refractivity contribution in [2.24, 2.45) is 0 Å². The molecule has 3 aromatic carbocycles.